The second-order valence-corrected chi connectivity index (χ2v) is 7.64. The van der Waals surface area contributed by atoms with Crippen molar-refractivity contribution in [2.45, 2.75) is 20.4 Å². The Balaban J connectivity index is 1.79. The van der Waals surface area contributed by atoms with Gasteiger partial charge in [0.25, 0.3) is 5.91 Å². The number of anilines is 1. The molecule has 1 amide bonds. The molecule has 0 unspecified atom stereocenters. The van der Waals surface area contributed by atoms with Crippen molar-refractivity contribution in [2.24, 2.45) is 0 Å². The highest BCUT2D eigenvalue weighted by Crippen LogP contribution is 2.34. The number of aryl methyl sites for hydroxylation is 2. The Kier molecular flexibility index (Phi) is 4.68. The van der Waals surface area contributed by atoms with E-state index in [-0.39, 0.29) is 11.7 Å². The minimum absolute atomic E-state index is 0.192. The molecule has 0 saturated carbocycles. The van der Waals surface area contributed by atoms with Crippen molar-refractivity contribution in [3.8, 4) is 0 Å². The van der Waals surface area contributed by atoms with Crippen LogP contribution in [0.3, 0.4) is 0 Å². The second-order valence-electron chi connectivity index (χ2n) is 6.23. The summed E-state index contributed by atoms with van der Waals surface area (Å²) in [6, 6.07) is 15.2. The molecule has 2 heterocycles. The summed E-state index contributed by atoms with van der Waals surface area (Å²) >= 11 is 7.68. The summed E-state index contributed by atoms with van der Waals surface area (Å²) in [5.74, 6) is -0.0836. The summed E-state index contributed by atoms with van der Waals surface area (Å²) in [5.41, 5.74) is 3.36. The smallest absolute Gasteiger partial charge is 0.298 e. The van der Waals surface area contributed by atoms with Crippen LogP contribution in [-0.4, -0.2) is 16.0 Å². The third-order valence-corrected chi connectivity index (χ3v) is 5.69. The Morgan fingerprint density at radius 1 is 1.19 bits per heavy atom. The van der Waals surface area contributed by atoms with Crippen molar-refractivity contribution < 1.29 is 9.32 Å². The topological polar surface area (TPSA) is 59.2 Å². The maximum atomic E-state index is 13.1. The van der Waals surface area contributed by atoms with Crippen LogP contribution < -0.4 is 4.90 Å². The number of fused-ring (bicyclic) bond motifs is 1. The zero-order valence-electron chi connectivity index (χ0n) is 14.8. The zero-order valence-corrected chi connectivity index (χ0v) is 16.3. The van der Waals surface area contributed by atoms with Gasteiger partial charge in [-0.3, -0.25) is 9.69 Å². The summed E-state index contributed by atoms with van der Waals surface area (Å²) in [7, 11) is 0. The number of hydrogen-bond donors (Lipinski definition) is 0. The van der Waals surface area contributed by atoms with E-state index in [1.54, 1.807) is 17.9 Å². The molecule has 0 radical (unpaired) electrons. The molecule has 0 aliphatic heterocycles. The summed E-state index contributed by atoms with van der Waals surface area (Å²) in [4.78, 5) is 19.4. The van der Waals surface area contributed by atoms with Crippen LogP contribution in [0.4, 0.5) is 5.13 Å². The Hall–Kier alpha value is -2.70. The molecule has 0 atom stereocenters. The number of benzene rings is 2. The van der Waals surface area contributed by atoms with Crippen LogP contribution in [-0.2, 0) is 6.54 Å². The summed E-state index contributed by atoms with van der Waals surface area (Å²) < 4.78 is 6.18. The number of hydrogen-bond acceptors (Lipinski definition) is 5. The lowest BCUT2D eigenvalue weighted by Crippen LogP contribution is -2.30. The lowest BCUT2D eigenvalue weighted by atomic mass is 10.2. The Morgan fingerprint density at radius 2 is 1.96 bits per heavy atom. The Morgan fingerprint density at radius 3 is 2.67 bits per heavy atom. The van der Waals surface area contributed by atoms with Crippen molar-refractivity contribution in [3.05, 3.63) is 76.1 Å². The maximum Gasteiger partial charge on any atom is 0.298 e. The first-order chi connectivity index (χ1) is 13.0. The molecule has 0 bridgehead atoms. The quantitative estimate of drug-likeness (QED) is 0.462. The molecule has 7 heteroatoms. The highest BCUT2D eigenvalue weighted by Gasteiger charge is 2.25. The molecular weight excluding hydrogens is 382 g/mol. The highest BCUT2D eigenvalue weighted by atomic mass is 35.5. The molecule has 0 fully saturated rings. The number of rotatable bonds is 4. The van der Waals surface area contributed by atoms with Gasteiger partial charge >= 0.3 is 0 Å². The number of thiazole rings is 1. The van der Waals surface area contributed by atoms with E-state index in [0.717, 1.165) is 21.3 Å². The van der Waals surface area contributed by atoms with Crippen molar-refractivity contribution >= 4 is 44.2 Å². The zero-order chi connectivity index (χ0) is 19.0. The summed E-state index contributed by atoms with van der Waals surface area (Å²) in [6.45, 7) is 4.09. The molecule has 136 valence electrons. The molecule has 0 aliphatic carbocycles. The van der Waals surface area contributed by atoms with Gasteiger partial charge in [0.2, 0.25) is 5.76 Å². The van der Waals surface area contributed by atoms with Gasteiger partial charge in [-0.05, 0) is 37.1 Å². The molecule has 4 aromatic rings. The van der Waals surface area contributed by atoms with Crippen LogP contribution in [0.2, 0.25) is 5.02 Å². The van der Waals surface area contributed by atoms with Crippen LogP contribution in [0.15, 0.2) is 53.1 Å². The van der Waals surface area contributed by atoms with E-state index in [2.05, 4.69) is 5.16 Å². The maximum absolute atomic E-state index is 13.1. The summed E-state index contributed by atoms with van der Waals surface area (Å²) in [6.07, 6.45) is 0. The molecule has 0 spiro atoms. The van der Waals surface area contributed by atoms with E-state index in [0.29, 0.717) is 22.4 Å². The molecule has 0 saturated heterocycles. The van der Waals surface area contributed by atoms with Crippen molar-refractivity contribution in [1.82, 2.24) is 10.1 Å². The van der Waals surface area contributed by atoms with Gasteiger partial charge in [-0.25, -0.2) is 4.98 Å². The van der Waals surface area contributed by atoms with E-state index in [1.807, 2.05) is 49.4 Å². The first kappa shape index (κ1) is 17.7. The van der Waals surface area contributed by atoms with E-state index in [4.69, 9.17) is 21.1 Å². The van der Waals surface area contributed by atoms with Gasteiger partial charge in [0.05, 0.1) is 22.5 Å². The van der Waals surface area contributed by atoms with Gasteiger partial charge in [-0.2, -0.15) is 0 Å². The van der Waals surface area contributed by atoms with Crippen molar-refractivity contribution in [1.29, 1.82) is 0 Å². The Bertz CT molecular complexity index is 1120. The largest absolute Gasteiger partial charge is 0.351 e. The Labute approximate surface area is 165 Å². The number of halogens is 1. The third-order valence-electron chi connectivity index (χ3n) is 4.23. The van der Waals surface area contributed by atoms with E-state index >= 15 is 0 Å². The predicted octanol–water partition coefficient (Wildman–Crippen LogP) is 5.40. The van der Waals surface area contributed by atoms with Crippen LogP contribution >= 0.6 is 22.9 Å². The molecule has 2 aromatic heterocycles. The number of amides is 1. The predicted molar refractivity (Wildman–Crippen MR) is 108 cm³/mol. The second kappa shape index (κ2) is 7.13. The number of nitrogens with zero attached hydrogens (tertiary/aromatic N) is 3. The number of aromatic nitrogens is 2. The van der Waals surface area contributed by atoms with E-state index in [9.17, 15) is 4.79 Å². The number of carbonyl (C=O) groups excluding carboxylic acids is 1. The van der Waals surface area contributed by atoms with Crippen molar-refractivity contribution in [3.63, 3.8) is 0 Å². The minimum atomic E-state index is -0.276. The highest BCUT2D eigenvalue weighted by molar-refractivity contribution is 7.22. The fourth-order valence-electron chi connectivity index (χ4n) is 2.79. The van der Waals surface area contributed by atoms with Crippen LogP contribution in [0.25, 0.3) is 10.2 Å². The van der Waals surface area contributed by atoms with Gasteiger partial charge in [-0.15, -0.1) is 0 Å². The molecule has 2 aromatic carbocycles. The van der Waals surface area contributed by atoms with Gasteiger partial charge in [0.1, 0.15) is 0 Å². The fraction of sp³-hybridized carbons (Fsp3) is 0.150. The molecule has 0 aliphatic rings. The van der Waals surface area contributed by atoms with E-state index < -0.39 is 0 Å². The van der Waals surface area contributed by atoms with Gasteiger partial charge in [-0.1, -0.05) is 58.4 Å². The van der Waals surface area contributed by atoms with E-state index in [1.165, 1.54) is 11.3 Å². The molecule has 0 N–H and O–H groups in total. The van der Waals surface area contributed by atoms with Crippen LogP contribution in [0.1, 0.15) is 27.4 Å². The van der Waals surface area contributed by atoms with Crippen molar-refractivity contribution in [2.75, 3.05) is 4.90 Å². The van der Waals surface area contributed by atoms with Crippen LogP contribution in [0.5, 0.6) is 0 Å². The van der Waals surface area contributed by atoms with Gasteiger partial charge in [0, 0.05) is 11.1 Å². The standard InChI is InChI=1S/C20H16ClN3O2S/c1-12-10-16(26-23-12)19(25)24(11-14-6-4-3-5-7-14)20-22-18-13(2)15(21)8-9-17(18)27-20/h3-10H,11H2,1-2H3. The third kappa shape index (κ3) is 3.46. The number of carbonyl (C=O) groups is 1. The lowest BCUT2D eigenvalue weighted by molar-refractivity contribution is 0.0949. The average molecular weight is 398 g/mol. The molecule has 5 nitrogen and oxygen atoms in total. The molecule has 27 heavy (non-hydrogen) atoms. The normalized spacial score (nSPS) is 11.1. The lowest BCUT2D eigenvalue weighted by Gasteiger charge is -2.18. The first-order valence-electron chi connectivity index (χ1n) is 8.37. The summed E-state index contributed by atoms with van der Waals surface area (Å²) in [5, 5.41) is 5.09. The minimum Gasteiger partial charge on any atom is -0.351 e. The fourth-order valence-corrected chi connectivity index (χ4v) is 3.97. The van der Waals surface area contributed by atoms with Gasteiger partial charge in [0.15, 0.2) is 5.13 Å². The average Bonchev–Trinajstić information content (AvgIpc) is 3.30. The molecular formula is C20H16ClN3O2S. The molecule has 4 rings (SSSR count). The van der Waals surface area contributed by atoms with Gasteiger partial charge < -0.3 is 4.52 Å². The SMILES string of the molecule is Cc1cc(C(=O)N(Cc2ccccc2)c2nc3c(C)c(Cl)ccc3s2)on1. The monoisotopic (exact) mass is 397 g/mol. The first-order valence-corrected chi connectivity index (χ1v) is 9.57. The van der Waals surface area contributed by atoms with Crippen LogP contribution in [0, 0.1) is 13.8 Å².